The maximum absolute atomic E-state index is 13.0. The fourth-order valence-electron chi connectivity index (χ4n) is 2.77. The number of hydrogen-bond donors (Lipinski definition) is 0. The molecule has 0 aliphatic heterocycles. The normalized spacial score (nSPS) is 11.9. The number of rotatable bonds is 7. The van der Waals surface area contributed by atoms with Gasteiger partial charge in [-0.3, -0.25) is 0 Å². The molecule has 0 amide bonds. The van der Waals surface area contributed by atoms with Crippen LogP contribution in [0.3, 0.4) is 0 Å². The zero-order valence-electron chi connectivity index (χ0n) is 16.6. The van der Waals surface area contributed by atoms with Crippen LogP contribution >= 0.6 is 11.6 Å². The first-order chi connectivity index (χ1) is 13.7. The molecule has 0 atom stereocenters. The molecule has 0 aromatic heterocycles. The van der Waals surface area contributed by atoms with E-state index in [-0.39, 0.29) is 4.90 Å². The lowest BCUT2D eigenvalue weighted by Crippen LogP contribution is -3.85. The van der Waals surface area contributed by atoms with Gasteiger partial charge in [-0.2, -0.15) is 8.42 Å². The Morgan fingerprint density at radius 3 is 1.90 bits per heavy atom. The predicted molar refractivity (Wildman–Crippen MR) is 113 cm³/mol. The lowest BCUT2D eigenvalue weighted by atomic mass is 10.0. The number of halogens is 2. The topological polar surface area (TPSA) is 43.4 Å². The average molecular weight is 543 g/mol. The first-order valence-corrected chi connectivity index (χ1v) is 14.1. The van der Waals surface area contributed by atoms with Gasteiger partial charge in [0.2, 0.25) is 0 Å². The van der Waals surface area contributed by atoms with Crippen molar-refractivity contribution in [3.8, 4) is 0 Å². The van der Waals surface area contributed by atoms with Gasteiger partial charge in [-0.25, -0.2) is 0 Å². The molecule has 0 saturated carbocycles. The van der Waals surface area contributed by atoms with Gasteiger partial charge in [-0.1, -0.05) is 55.3 Å². The average Bonchev–Trinajstić information content (AvgIpc) is 2.68. The smallest absolute Gasteiger partial charge is 0.190 e. The molecule has 3 nitrogen and oxygen atoms in total. The summed E-state index contributed by atoms with van der Waals surface area (Å²) in [4.78, 5) is 0.118. The van der Waals surface area contributed by atoms with Gasteiger partial charge in [-0.05, 0) is 75.9 Å². The third kappa shape index (κ3) is 6.04. The quantitative estimate of drug-likeness (QED) is 0.432. The van der Waals surface area contributed by atoms with Gasteiger partial charge in [0.15, 0.2) is 7.14 Å². The highest BCUT2D eigenvalue weighted by Crippen LogP contribution is 2.14. The van der Waals surface area contributed by atoms with Crippen LogP contribution in [0.15, 0.2) is 77.7 Å². The van der Waals surface area contributed by atoms with Crippen molar-refractivity contribution in [2.75, 3.05) is 0 Å². The molecule has 0 N–H and O–H groups in total. The highest BCUT2D eigenvalue weighted by atomic mass is 127. The Morgan fingerprint density at radius 1 is 0.862 bits per heavy atom. The lowest BCUT2D eigenvalue weighted by molar-refractivity contribution is -1.03. The molecule has 0 aliphatic carbocycles. The zero-order chi connectivity index (χ0) is 21.0. The Labute approximate surface area is 186 Å². The van der Waals surface area contributed by atoms with E-state index in [0.29, 0.717) is 10.9 Å². The summed E-state index contributed by atoms with van der Waals surface area (Å²) in [6.07, 6.45) is 0.989. The molecule has 3 rings (SSSR count). The number of aryl methyl sites for hydroxylation is 1. The Bertz CT molecular complexity index is 1040. The van der Waals surface area contributed by atoms with Crippen LogP contribution in [-0.2, 0) is 19.1 Å². The molecular formula is C23H24ClIO3S+. The summed E-state index contributed by atoms with van der Waals surface area (Å²) >= 11 is 3.22. The van der Waals surface area contributed by atoms with E-state index in [4.69, 9.17) is 14.1 Å². The standard InChI is InChI=1S/C23H24ClIO3S/c1-17(2)16-19-6-12-22(13-7-19)25(21-10-4-18(3)5-11-21)28-29(26,27)23-14-8-20(24)9-15-23/h4-15,17H,16H2,1-3H3/q+1. The molecule has 1 radical (unpaired) electrons. The van der Waals surface area contributed by atoms with Crippen LogP contribution < -0.4 is 20.2 Å². The summed E-state index contributed by atoms with van der Waals surface area (Å²) in [5.41, 5.74) is 2.36. The van der Waals surface area contributed by atoms with Gasteiger partial charge in [0.25, 0.3) is 0 Å². The van der Waals surface area contributed by atoms with Crippen LogP contribution in [0.5, 0.6) is 0 Å². The molecule has 0 heterocycles. The second-order valence-corrected chi connectivity index (χ2v) is 14.2. The molecule has 0 bridgehead atoms. The van der Waals surface area contributed by atoms with Gasteiger partial charge in [0.1, 0.15) is 0 Å². The van der Waals surface area contributed by atoms with E-state index in [1.54, 1.807) is 12.1 Å². The third-order valence-electron chi connectivity index (χ3n) is 4.21. The van der Waals surface area contributed by atoms with Crippen molar-refractivity contribution in [1.29, 1.82) is 0 Å². The first kappa shape index (κ1) is 22.3. The molecule has 153 valence electrons. The predicted octanol–water partition coefficient (Wildman–Crippen LogP) is 2.83. The fraction of sp³-hybridized carbons (Fsp3) is 0.217. The Balaban J connectivity index is 1.97. The van der Waals surface area contributed by atoms with E-state index in [1.165, 1.54) is 17.7 Å². The van der Waals surface area contributed by atoms with Crippen LogP contribution in [0, 0.1) is 20.0 Å². The monoisotopic (exact) mass is 542 g/mol. The van der Waals surface area contributed by atoms with Crippen LogP contribution in [0.25, 0.3) is 0 Å². The Morgan fingerprint density at radius 2 is 1.38 bits per heavy atom. The maximum atomic E-state index is 13.0. The molecule has 0 fully saturated rings. The summed E-state index contributed by atoms with van der Waals surface area (Å²) in [6, 6.07) is 22.2. The van der Waals surface area contributed by atoms with Crippen LogP contribution in [0.2, 0.25) is 5.02 Å². The van der Waals surface area contributed by atoms with Gasteiger partial charge >= 0.3 is 30.4 Å². The molecule has 0 unspecified atom stereocenters. The second kappa shape index (κ2) is 9.60. The summed E-state index contributed by atoms with van der Waals surface area (Å²) in [7, 11) is -3.90. The molecule has 0 saturated heterocycles. The van der Waals surface area contributed by atoms with Crippen LogP contribution in [0.4, 0.5) is 0 Å². The fourth-order valence-corrected chi connectivity index (χ4v) is 9.79. The number of benzene rings is 3. The third-order valence-corrected chi connectivity index (χ3v) is 11.8. The van der Waals surface area contributed by atoms with E-state index in [0.717, 1.165) is 19.1 Å². The van der Waals surface area contributed by atoms with Crippen molar-refractivity contribution in [3.05, 3.63) is 96.1 Å². The van der Waals surface area contributed by atoms with E-state index < -0.39 is 30.4 Å². The summed E-state index contributed by atoms with van der Waals surface area (Å²) < 4.78 is 33.7. The largest absolute Gasteiger partial charge is 0.336 e. The molecular weight excluding hydrogens is 519 g/mol. The van der Waals surface area contributed by atoms with Gasteiger partial charge < -0.3 is 0 Å². The summed E-state index contributed by atoms with van der Waals surface area (Å²) in [6.45, 7) is 6.37. The molecule has 29 heavy (non-hydrogen) atoms. The molecule has 0 aliphatic rings. The minimum absolute atomic E-state index is 0.118. The number of hydrogen-bond acceptors (Lipinski definition) is 3. The van der Waals surface area contributed by atoms with Crippen LogP contribution in [-0.4, -0.2) is 8.42 Å². The summed E-state index contributed by atoms with van der Waals surface area (Å²) in [5.74, 6) is 0.564. The zero-order valence-corrected chi connectivity index (χ0v) is 20.3. The minimum atomic E-state index is -3.90. The highest BCUT2D eigenvalue weighted by Gasteiger charge is 2.37. The van der Waals surface area contributed by atoms with Crippen molar-refractivity contribution in [2.24, 2.45) is 5.92 Å². The lowest BCUT2D eigenvalue weighted by Gasteiger charge is -2.08. The highest BCUT2D eigenvalue weighted by molar-refractivity contribution is 7.86. The molecule has 0 spiro atoms. The van der Waals surface area contributed by atoms with Crippen molar-refractivity contribution in [2.45, 2.75) is 32.1 Å². The van der Waals surface area contributed by atoms with Crippen molar-refractivity contribution in [3.63, 3.8) is 0 Å². The van der Waals surface area contributed by atoms with Gasteiger partial charge in [0.05, 0.1) is 4.90 Å². The molecule has 6 heteroatoms. The van der Waals surface area contributed by atoms with E-state index in [9.17, 15) is 8.42 Å². The summed E-state index contributed by atoms with van der Waals surface area (Å²) in [5, 5.41) is 0.485. The SMILES string of the molecule is Cc1ccc([I+](OS(=O)(=O)c2ccc(Cl)cc2)c2ccc(CC(C)C)cc2)cc1. The van der Waals surface area contributed by atoms with Crippen LogP contribution in [0.1, 0.15) is 25.0 Å². The molecule has 3 aromatic rings. The minimum Gasteiger partial charge on any atom is -0.190 e. The van der Waals surface area contributed by atoms with Crippen molar-refractivity contribution in [1.82, 2.24) is 0 Å². The van der Waals surface area contributed by atoms with Gasteiger partial charge in [-0.15, -0.1) is 0 Å². The maximum Gasteiger partial charge on any atom is 0.336 e. The van der Waals surface area contributed by atoms with Gasteiger partial charge in [0, 0.05) is 5.02 Å². The Hall–Kier alpha value is -1.41. The van der Waals surface area contributed by atoms with Crippen molar-refractivity contribution >= 4 is 21.7 Å². The second-order valence-electron chi connectivity index (χ2n) is 7.24. The first-order valence-electron chi connectivity index (χ1n) is 9.31. The van der Waals surface area contributed by atoms with E-state index in [1.807, 2.05) is 43.3 Å². The van der Waals surface area contributed by atoms with E-state index in [2.05, 4.69) is 26.0 Å². The van der Waals surface area contributed by atoms with Crippen molar-refractivity contribution < 1.29 is 31.2 Å². The Kier molecular flexibility index (Phi) is 7.37. The van der Waals surface area contributed by atoms with E-state index >= 15 is 0 Å². The molecule has 3 aromatic carbocycles.